The van der Waals surface area contributed by atoms with Gasteiger partial charge in [0.2, 0.25) is 5.88 Å². The zero-order valence-corrected chi connectivity index (χ0v) is 12.3. The van der Waals surface area contributed by atoms with Crippen molar-refractivity contribution < 1.29 is 9.53 Å². The Balaban J connectivity index is 2.30. The summed E-state index contributed by atoms with van der Waals surface area (Å²) < 4.78 is 5.24. The standard InChI is InChI=1S/C14H20N4O2/c1-9(10-7-15-8-10)13(19)17-12-11(18(2)3)5-6-16-14(12)20-4/h5-6,15H,7-8H2,1-4H3,(H,17,19). The fourth-order valence-electron chi connectivity index (χ4n) is 1.96. The van der Waals surface area contributed by atoms with Crippen molar-refractivity contribution in [3.63, 3.8) is 0 Å². The Hall–Kier alpha value is -2.08. The number of carbonyl (C=O) groups is 1. The molecule has 1 aliphatic rings. The van der Waals surface area contributed by atoms with Gasteiger partial charge in [0.05, 0.1) is 12.8 Å². The van der Waals surface area contributed by atoms with Crippen LogP contribution in [0.3, 0.4) is 0 Å². The van der Waals surface area contributed by atoms with Gasteiger partial charge >= 0.3 is 0 Å². The Morgan fingerprint density at radius 3 is 2.65 bits per heavy atom. The summed E-state index contributed by atoms with van der Waals surface area (Å²) in [6.45, 7) is 3.40. The van der Waals surface area contributed by atoms with E-state index in [0.29, 0.717) is 11.6 Å². The number of ether oxygens (including phenoxy) is 1. The third kappa shape index (κ3) is 2.75. The second kappa shape index (κ2) is 5.92. The molecule has 108 valence electrons. The summed E-state index contributed by atoms with van der Waals surface area (Å²) in [5, 5.41) is 6.04. The number of anilines is 2. The summed E-state index contributed by atoms with van der Waals surface area (Å²) in [4.78, 5) is 18.3. The Bertz CT molecular complexity index is 546. The fraction of sp³-hybridized carbons (Fsp3) is 0.429. The molecule has 1 aromatic rings. The largest absolute Gasteiger partial charge is 0.479 e. The molecular formula is C14H20N4O2. The lowest BCUT2D eigenvalue weighted by molar-refractivity contribution is -0.112. The average Bonchev–Trinajstić information content (AvgIpc) is 2.36. The summed E-state index contributed by atoms with van der Waals surface area (Å²) in [5.74, 6) is 0.296. The number of rotatable bonds is 4. The molecule has 0 bridgehead atoms. The fourth-order valence-corrected chi connectivity index (χ4v) is 1.96. The molecule has 0 aliphatic carbocycles. The van der Waals surface area contributed by atoms with Gasteiger partial charge in [-0.3, -0.25) is 4.79 Å². The second-order valence-electron chi connectivity index (χ2n) is 4.90. The van der Waals surface area contributed by atoms with Gasteiger partial charge in [0.15, 0.2) is 0 Å². The minimum absolute atomic E-state index is 0.115. The van der Waals surface area contributed by atoms with Crippen molar-refractivity contribution in [1.82, 2.24) is 10.3 Å². The van der Waals surface area contributed by atoms with E-state index in [1.54, 1.807) is 13.3 Å². The molecule has 1 amide bonds. The highest BCUT2D eigenvalue weighted by Gasteiger charge is 2.19. The van der Waals surface area contributed by atoms with Gasteiger partial charge in [-0.2, -0.15) is 0 Å². The quantitative estimate of drug-likeness (QED) is 0.804. The van der Waals surface area contributed by atoms with E-state index in [9.17, 15) is 4.79 Å². The molecule has 6 heteroatoms. The Morgan fingerprint density at radius 1 is 1.45 bits per heavy atom. The van der Waals surface area contributed by atoms with Crippen LogP contribution in [-0.4, -0.2) is 45.2 Å². The first-order valence-electron chi connectivity index (χ1n) is 6.45. The van der Waals surface area contributed by atoms with Crippen molar-refractivity contribution in [3.8, 4) is 5.88 Å². The highest BCUT2D eigenvalue weighted by Crippen LogP contribution is 2.32. The molecule has 0 atom stereocenters. The molecular weight excluding hydrogens is 256 g/mol. The van der Waals surface area contributed by atoms with Crippen molar-refractivity contribution in [1.29, 1.82) is 0 Å². The number of amides is 1. The van der Waals surface area contributed by atoms with Crippen LogP contribution in [0.1, 0.15) is 6.92 Å². The molecule has 0 spiro atoms. The first-order valence-corrected chi connectivity index (χ1v) is 6.45. The van der Waals surface area contributed by atoms with E-state index in [-0.39, 0.29) is 5.91 Å². The van der Waals surface area contributed by atoms with Gasteiger partial charge in [-0.1, -0.05) is 0 Å². The van der Waals surface area contributed by atoms with Crippen LogP contribution in [0.25, 0.3) is 0 Å². The summed E-state index contributed by atoms with van der Waals surface area (Å²) >= 11 is 0. The predicted octanol–water partition coefficient (Wildman–Crippen LogP) is 1.01. The van der Waals surface area contributed by atoms with Gasteiger partial charge < -0.3 is 20.3 Å². The van der Waals surface area contributed by atoms with E-state index in [1.165, 1.54) is 0 Å². The van der Waals surface area contributed by atoms with Gasteiger partial charge in [-0.25, -0.2) is 4.98 Å². The number of nitrogens with one attached hydrogen (secondary N) is 2. The normalized spacial score (nSPS) is 13.5. The van der Waals surface area contributed by atoms with E-state index >= 15 is 0 Å². The maximum Gasteiger partial charge on any atom is 0.251 e. The number of carbonyl (C=O) groups excluding carboxylic acids is 1. The highest BCUT2D eigenvalue weighted by molar-refractivity contribution is 6.06. The average molecular weight is 276 g/mol. The monoisotopic (exact) mass is 276 g/mol. The van der Waals surface area contributed by atoms with Gasteiger partial charge in [-0.05, 0) is 18.6 Å². The topological polar surface area (TPSA) is 66.5 Å². The summed E-state index contributed by atoms with van der Waals surface area (Å²) in [6, 6.07) is 1.84. The number of pyridine rings is 1. The number of nitrogens with zero attached hydrogens (tertiary/aromatic N) is 2. The summed E-state index contributed by atoms with van der Waals surface area (Å²) in [7, 11) is 5.36. The SMILES string of the molecule is COc1nccc(N(C)C)c1NC(=O)C(C)=C1CNC1. The molecule has 2 rings (SSSR count). The summed E-state index contributed by atoms with van der Waals surface area (Å²) in [6.07, 6.45) is 1.66. The smallest absolute Gasteiger partial charge is 0.251 e. The third-order valence-electron chi connectivity index (χ3n) is 3.36. The van der Waals surface area contributed by atoms with Gasteiger partial charge in [0.1, 0.15) is 5.69 Å². The number of methoxy groups -OCH3 is 1. The highest BCUT2D eigenvalue weighted by atomic mass is 16.5. The summed E-state index contributed by atoms with van der Waals surface area (Å²) in [5.41, 5.74) is 3.34. The van der Waals surface area contributed by atoms with Crippen molar-refractivity contribution in [3.05, 3.63) is 23.4 Å². The minimum atomic E-state index is -0.115. The Kier molecular flexibility index (Phi) is 4.24. The molecule has 1 aromatic heterocycles. The lowest BCUT2D eigenvalue weighted by Crippen LogP contribution is -2.36. The molecule has 1 fully saturated rings. The Morgan fingerprint density at radius 2 is 2.15 bits per heavy atom. The van der Waals surface area contributed by atoms with Gasteiger partial charge in [-0.15, -0.1) is 0 Å². The van der Waals surface area contributed by atoms with Crippen LogP contribution in [-0.2, 0) is 4.79 Å². The molecule has 1 aliphatic heterocycles. The number of hydrogen-bond donors (Lipinski definition) is 2. The second-order valence-corrected chi connectivity index (χ2v) is 4.90. The molecule has 6 nitrogen and oxygen atoms in total. The molecule has 0 aromatic carbocycles. The van der Waals surface area contributed by atoms with Gasteiger partial charge in [0, 0.05) is 39.0 Å². The van der Waals surface area contributed by atoms with E-state index in [2.05, 4.69) is 15.6 Å². The molecule has 0 radical (unpaired) electrons. The van der Waals surface area contributed by atoms with E-state index in [4.69, 9.17) is 4.74 Å². The van der Waals surface area contributed by atoms with E-state index < -0.39 is 0 Å². The molecule has 2 N–H and O–H groups in total. The zero-order chi connectivity index (χ0) is 14.7. The van der Waals surface area contributed by atoms with Crippen molar-refractivity contribution in [2.24, 2.45) is 0 Å². The van der Waals surface area contributed by atoms with Crippen molar-refractivity contribution >= 4 is 17.3 Å². The van der Waals surface area contributed by atoms with Crippen LogP contribution in [0.2, 0.25) is 0 Å². The lowest BCUT2D eigenvalue weighted by atomic mass is 10.0. The van der Waals surface area contributed by atoms with E-state index in [0.717, 1.165) is 29.9 Å². The van der Waals surface area contributed by atoms with Crippen molar-refractivity contribution in [2.75, 3.05) is 44.5 Å². The first-order chi connectivity index (χ1) is 9.54. The molecule has 0 unspecified atom stereocenters. The molecule has 1 saturated heterocycles. The lowest BCUT2D eigenvalue weighted by Gasteiger charge is -2.23. The third-order valence-corrected chi connectivity index (χ3v) is 3.36. The van der Waals surface area contributed by atoms with Crippen LogP contribution in [0.4, 0.5) is 11.4 Å². The van der Waals surface area contributed by atoms with E-state index in [1.807, 2.05) is 32.0 Å². The van der Waals surface area contributed by atoms with Crippen LogP contribution < -0.4 is 20.3 Å². The number of aromatic nitrogens is 1. The Labute approximate surface area is 118 Å². The van der Waals surface area contributed by atoms with Gasteiger partial charge in [0.25, 0.3) is 5.91 Å². The van der Waals surface area contributed by atoms with Crippen LogP contribution >= 0.6 is 0 Å². The molecule has 0 saturated carbocycles. The molecule has 20 heavy (non-hydrogen) atoms. The zero-order valence-electron chi connectivity index (χ0n) is 12.3. The molecule has 2 heterocycles. The maximum absolute atomic E-state index is 12.3. The van der Waals surface area contributed by atoms with Crippen LogP contribution in [0.15, 0.2) is 23.4 Å². The van der Waals surface area contributed by atoms with Crippen LogP contribution in [0, 0.1) is 0 Å². The van der Waals surface area contributed by atoms with Crippen LogP contribution in [0.5, 0.6) is 5.88 Å². The number of hydrogen-bond acceptors (Lipinski definition) is 5. The predicted molar refractivity (Wildman–Crippen MR) is 79.3 cm³/mol. The van der Waals surface area contributed by atoms with Crippen molar-refractivity contribution in [2.45, 2.75) is 6.92 Å². The maximum atomic E-state index is 12.3. The minimum Gasteiger partial charge on any atom is -0.479 e. The first kappa shape index (κ1) is 14.3.